The van der Waals surface area contributed by atoms with Crippen molar-refractivity contribution in [1.29, 1.82) is 0 Å². The normalized spacial score (nSPS) is 12.9. The van der Waals surface area contributed by atoms with Crippen molar-refractivity contribution in [1.82, 2.24) is 9.80 Å². The molecule has 112 valence electrons. The fourth-order valence-electron chi connectivity index (χ4n) is 2.33. The molecule has 1 rings (SSSR count). The lowest BCUT2D eigenvalue weighted by Crippen LogP contribution is -2.21. The first-order chi connectivity index (χ1) is 9.50. The Bertz CT molecular complexity index is 387. The van der Waals surface area contributed by atoms with Gasteiger partial charge in [-0.1, -0.05) is 30.3 Å². The standard InChI is InChI=1S/C17H28N2O/c1-18(2)13-8-11-17(20)16(12-14-19(3)4)15-9-6-5-7-10-15/h5-7,9-10,16H,8,11-14H2,1-4H3. The van der Waals surface area contributed by atoms with E-state index < -0.39 is 0 Å². The Hall–Kier alpha value is -1.19. The maximum atomic E-state index is 12.5. The lowest BCUT2D eigenvalue weighted by molar-refractivity contribution is -0.120. The molecule has 20 heavy (non-hydrogen) atoms. The highest BCUT2D eigenvalue weighted by atomic mass is 16.1. The van der Waals surface area contributed by atoms with Gasteiger partial charge < -0.3 is 9.80 Å². The summed E-state index contributed by atoms with van der Waals surface area (Å²) in [4.78, 5) is 16.8. The molecule has 0 saturated carbocycles. The van der Waals surface area contributed by atoms with E-state index in [0.717, 1.165) is 31.5 Å². The topological polar surface area (TPSA) is 23.6 Å². The Labute approximate surface area is 123 Å². The van der Waals surface area contributed by atoms with Crippen LogP contribution in [0.2, 0.25) is 0 Å². The maximum Gasteiger partial charge on any atom is 0.140 e. The van der Waals surface area contributed by atoms with Crippen molar-refractivity contribution in [3.8, 4) is 0 Å². The molecule has 0 aliphatic carbocycles. The first-order valence-electron chi connectivity index (χ1n) is 7.38. The highest BCUT2D eigenvalue weighted by Crippen LogP contribution is 2.23. The molecule has 0 radical (unpaired) electrons. The van der Waals surface area contributed by atoms with Gasteiger partial charge in [-0.15, -0.1) is 0 Å². The Morgan fingerprint density at radius 1 is 1.00 bits per heavy atom. The molecule has 0 fully saturated rings. The monoisotopic (exact) mass is 276 g/mol. The van der Waals surface area contributed by atoms with E-state index >= 15 is 0 Å². The first kappa shape index (κ1) is 16.9. The first-order valence-corrected chi connectivity index (χ1v) is 7.38. The van der Waals surface area contributed by atoms with Gasteiger partial charge in [0.05, 0.1) is 0 Å². The minimum Gasteiger partial charge on any atom is -0.309 e. The van der Waals surface area contributed by atoms with E-state index in [0.29, 0.717) is 12.2 Å². The van der Waals surface area contributed by atoms with Gasteiger partial charge in [-0.3, -0.25) is 4.79 Å². The molecule has 0 spiro atoms. The van der Waals surface area contributed by atoms with Crippen LogP contribution in [-0.4, -0.2) is 56.9 Å². The molecule has 1 aromatic carbocycles. The van der Waals surface area contributed by atoms with E-state index in [2.05, 4.69) is 36.0 Å². The second-order valence-corrected chi connectivity index (χ2v) is 5.93. The largest absolute Gasteiger partial charge is 0.309 e. The van der Waals surface area contributed by atoms with Crippen LogP contribution in [0.15, 0.2) is 30.3 Å². The molecular weight excluding hydrogens is 248 g/mol. The van der Waals surface area contributed by atoms with E-state index in [1.54, 1.807) is 0 Å². The van der Waals surface area contributed by atoms with Crippen LogP contribution < -0.4 is 0 Å². The number of nitrogens with zero attached hydrogens (tertiary/aromatic N) is 2. The zero-order valence-electron chi connectivity index (χ0n) is 13.3. The highest BCUT2D eigenvalue weighted by Gasteiger charge is 2.19. The fourth-order valence-corrected chi connectivity index (χ4v) is 2.33. The van der Waals surface area contributed by atoms with Gasteiger partial charge in [-0.25, -0.2) is 0 Å². The zero-order valence-corrected chi connectivity index (χ0v) is 13.3. The summed E-state index contributed by atoms with van der Waals surface area (Å²) in [6, 6.07) is 10.2. The zero-order chi connectivity index (χ0) is 15.0. The average Bonchev–Trinajstić information content (AvgIpc) is 2.39. The number of hydrogen-bond acceptors (Lipinski definition) is 3. The Morgan fingerprint density at radius 2 is 1.60 bits per heavy atom. The third-order valence-electron chi connectivity index (χ3n) is 3.48. The predicted octanol–water partition coefficient (Wildman–Crippen LogP) is 2.63. The van der Waals surface area contributed by atoms with Crippen LogP contribution in [0, 0.1) is 0 Å². The number of ketones is 1. The van der Waals surface area contributed by atoms with E-state index in [1.807, 2.05) is 32.3 Å². The summed E-state index contributed by atoms with van der Waals surface area (Å²) < 4.78 is 0. The number of benzene rings is 1. The minimum absolute atomic E-state index is 0.0424. The highest BCUT2D eigenvalue weighted by molar-refractivity contribution is 5.85. The van der Waals surface area contributed by atoms with Crippen molar-refractivity contribution in [3.63, 3.8) is 0 Å². The molecule has 0 bridgehead atoms. The van der Waals surface area contributed by atoms with Crippen LogP contribution >= 0.6 is 0 Å². The predicted molar refractivity (Wildman–Crippen MR) is 85.1 cm³/mol. The van der Waals surface area contributed by atoms with E-state index in [4.69, 9.17) is 0 Å². The van der Waals surface area contributed by atoms with E-state index in [1.165, 1.54) is 0 Å². The van der Waals surface area contributed by atoms with Crippen molar-refractivity contribution >= 4 is 5.78 Å². The SMILES string of the molecule is CN(C)CCCC(=O)C(CCN(C)C)c1ccccc1. The third-order valence-corrected chi connectivity index (χ3v) is 3.48. The van der Waals surface area contributed by atoms with Crippen LogP contribution in [0.5, 0.6) is 0 Å². The summed E-state index contributed by atoms with van der Waals surface area (Å²) in [5, 5.41) is 0. The Morgan fingerprint density at radius 3 is 2.15 bits per heavy atom. The minimum atomic E-state index is 0.0424. The van der Waals surface area contributed by atoms with Gasteiger partial charge in [0.15, 0.2) is 0 Å². The lowest BCUT2D eigenvalue weighted by Gasteiger charge is -2.19. The molecule has 0 N–H and O–H groups in total. The van der Waals surface area contributed by atoms with Gasteiger partial charge >= 0.3 is 0 Å². The summed E-state index contributed by atoms with van der Waals surface area (Å²) in [5.74, 6) is 0.417. The molecule has 0 saturated heterocycles. The number of Topliss-reactive ketones (excluding diaryl/α,β-unsaturated/α-hetero) is 1. The molecule has 0 aliphatic heterocycles. The fraction of sp³-hybridized carbons (Fsp3) is 0.588. The van der Waals surface area contributed by atoms with Crippen LogP contribution in [0.4, 0.5) is 0 Å². The summed E-state index contributed by atoms with van der Waals surface area (Å²) in [5.41, 5.74) is 1.16. The van der Waals surface area contributed by atoms with Gasteiger partial charge in [0, 0.05) is 12.3 Å². The Kier molecular flexibility index (Phi) is 7.48. The average molecular weight is 276 g/mol. The van der Waals surface area contributed by atoms with Gasteiger partial charge in [-0.2, -0.15) is 0 Å². The van der Waals surface area contributed by atoms with Crippen LogP contribution in [0.25, 0.3) is 0 Å². The lowest BCUT2D eigenvalue weighted by atomic mass is 9.89. The summed E-state index contributed by atoms with van der Waals surface area (Å²) in [7, 11) is 8.20. The summed E-state index contributed by atoms with van der Waals surface area (Å²) >= 11 is 0. The van der Waals surface area contributed by atoms with Crippen molar-refractivity contribution < 1.29 is 4.79 Å². The molecular formula is C17H28N2O. The van der Waals surface area contributed by atoms with Crippen molar-refractivity contribution in [2.75, 3.05) is 41.3 Å². The number of carbonyl (C=O) groups excluding carboxylic acids is 1. The smallest absolute Gasteiger partial charge is 0.140 e. The molecule has 0 aromatic heterocycles. The van der Waals surface area contributed by atoms with Gasteiger partial charge in [-0.05, 0) is 59.7 Å². The van der Waals surface area contributed by atoms with Gasteiger partial charge in [0.2, 0.25) is 0 Å². The third kappa shape index (κ3) is 6.31. The molecule has 0 amide bonds. The van der Waals surface area contributed by atoms with Crippen molar-refractivity contribution in [3.05, 3.63) is 35.9 Å². The second-order valence-electron chi connectivity index (χ2n) is 5.93. The number of rotatable bonds is 9. The summed E-state index contributed by atoms with van der Waals surface area (Å²) in [6.45, 7) is 1.92. The number of hydrogen-bond donors (Lipinski definition) is 0. The van der Waals surface area contributed by atoms with Gasteiger partial charge in [0.1, 0.15) is 5.78 Å². The molecule has 3 nitrogen and oxygen atoms in total. The van der Waals surface area contributed by atoms with Crippen LogP contribution in [0.3, 0.4) is 0 Å². The molecule has 3 heteroatoms. The quantitative estimate of drug-likeness (QED) is 0.693. The molecule has 1 atom stereocenters. The summed E-state index contributed by atoms with van der Waals surface area (Å²) in [6.07, 6.45) is 2.51. The van der Waals surface area contributed by atoms with Gasteiger partial charge in [0.25, 0.3) is 0 Å². The van der Waals surface area contributed by atoms with Crippen molar-refractivity contribution in [2.24, 2.45) is 0 Å². The number of carbonyl (C=O) groups is 1. The van der Waals surface area contributed by atoms with Crippen LogP contribution in [0.1, 0.15) is 30.7 Å². The van der Waals surface area contributed by atoms with Crippen LogP contribution in [-0.2, 0) is 4.79 Å². The maximum absolute atomic E-state index is 12.5. The van der Waals surface area contributed by atoms with E-state index in [9.17, 15) is 4.79 Å². The molecule has 1 unspecified atom stereocenters. The Balaban J connectivity index is 2.64. The molecule has 0 aliphatic rings. The van der Waals surface area contributed by atoms with E-state index in [-0.39, 0.29) is 5.92 Å². The second kappa shape index (κ2) is 8.88. The van der Waals surface area contributed by atoms with Crippen molar-refractivity contribution in [2.45, 2.75) is 25.2 Å². The molecule has 1 aromatic rings. The molecule has 0 heterocycles.